The summed E-state index contributed by atoms with van der Waals surface area (Å²) in [5.41, 5.74) is 3.81. The molecule has 0 aliphatic heterocycles. The van der Waals surface area contributed by atoms with Crippen molar-refractivity contribution in [3.05, 3.63) is 69.1 Å². The first kappa shape index (κ1) is 18.4. The molecule has 132 valence electrons. The summed E-state index contributed by atoms with van der Waals surface area (Å²) in [6.45, 7) is 0.0828. The van der Waals surface area contributed by atoms with Crippen LogP contribution in [0.15, 0.2) is 68.6 Å². The number of aromatic hydroxyl groups is 1. The number of hydrogen-bond donors (Lipinski definition) is 3. The highest BCUT2D eigenvalue weighted by atomic mass is 79.9. The highest BCUT2D eigenvalue weighted by molar-refractivity contribution is 9.11. The third kappa shape index (κ3) is 4.42. The molecule has 0 bridgehead atoms. The van der Waals surface area contributed by atoms with Crippen LogP contribution in [0.3, 0.4) is 0 Å². The average molecular weight is 477 g/mol. The first-order valence-corrected chi connectivity index (χ1v) is 9.35. The van der Waals surface area contributed by atoms with Gasteiger partial charge >= 0.3 is 0 Å². The number of hydrogen-bond acceptors (Lipinski definition) is 4. The molecule has 0 heterocycles. The Morgan fingerprint density at radius 3 is 2.73 bits per heavy atom. The number of nitrogens with zero attached hydrogens (tertiary/aromatic N) is 1. The van der Waals surface area contributed by atoms with Crippen molar-refractivity contribution < 1.29 is 9.90 Å². The van der Waals surface area contributed by atoms with Gasteiger partial charge in [-0.25, -0.2) is 5.43 Å². The van der Waals surface area contributed by atoms with E-state index in [1.54, 1.807) is 12.1 Å². The second-order valence-electron chi connectivity index (χ2n) is 5.50. The Hall–Kier alpha value is -2.38. The van der Waals surface area contributed by atoms with E-state index in [-0.39, 0.29) is 18.2 Å². The minimum Gasteiger partial charge on any atom is -0.506 e. The Morgan fingerprint density at radius 1 is 1.12 bits per heavy atom. The smallest absolute Gasteiger partial charge is 0.259 e. The molecule has 0 aromatic heterocycles. The van der Waals surface area contributed by atoms with Crippen LogP contribution in [0, 0.1) is 0 Å². The molecule has 5 nitrogen and oxygen atoms in total. The molecule has 26 heavy (non-hydrogen) atoms. The summed E-state index contributed by atoms with van der Waals surface area (Å²) in [4.78, 5) is 12.0. The van der Waals surface area contributed by atoms with Crippen LogP contribution in [0.4, 0.5) is 5.69 Å². The molecule has 0 aliphatic carbocycles. The van der Waals surface area contributed by atoms with E-state index in [4.69, 9.17) is 0 Å². The number of fused-ring (bicyclic) bond motifs is 1. The van der Waals surface area contributed by atoms with Gasteiger partial charge in [-0.2, -0.15) is 5.10 Å². The Bertz CT molecular complexity index is 984. The Kier molecular flexibility index (Phi) is 5.90. The molecule has 0 aliphatic rings. The Morgan fingerprint density at radius 2 is 1.88 bits per heavy atom. The quantitative estimate of drug-likeness (QED) is 0.371. The van der Waals surface area contributed by atoms with Gasteiger partial charge in [0.1, 0.15) is 5.75 Å². The van der Waals surface area contributed by atoms with Gasteiger partial charge in [0.25, 0.3) is 5.91 Å². The number of halogens is 2. The summed E-state index contributed by atoms with van der Waals surface area (Å²) in [6, 6.07) is 17.3. The fourth-order valence-electron chi connectivity index (χ4n) is 2.45. The molecule has 1 amide bonds. The molecule has 0 saturated carbocycles. The van der Waals surface area contributed by atoms with E-state index >= 15 is 0 Å². The highest BCUT2D eigenvalue weighted by Gasteiger charge is 2.06. The molecule has 0 atom stereocenters. The molecule has 7 heteroatoms. The molecule has 3 N–H and O–H groups in total. The van der Waals surface area contributed by atoms with Crippen molar-refractivity contribution in [2.45, 2.75) is 0 Å². The van der Waals surface area contributed by atoms with Gasteiger partial charge in [0, 0.05) is 21.1 Å². The summed E-state index contributed by atoms with van der Waals surface area (Å²) in [5.74, 6) is -0.234. The number of phenols is 1. The maximum atomic E-state index is 12.0. The Labute approximate surface area is 167 Å². The van der Waals surface area contributed by atoms with Gasteiger partial charge in [-0.15, -0.1) is 0 Å². The second-order valence-corrected chi connectivity index (χ2v) is 7.27. The van der Waals surface area contributed by atoms with Crippen molar-refractivity contribution in [3.8, 4) is 5.75 Å². The van der Waals surface area contributed by atoms with Crippen LogP contribution in [0.2, 0.25) is 0 Å². The molecular weight excluding hydrogens is 462 g/mol. The lowest BCUT2D eigenvalue weighted by Crippen LogP contribution is -2.25. The number of carbonyl (C=O) groups excluding carboxylic acids is 1. The number of carbonyl (C=O) groups is 1. The van der Waals surface area contributed by atoms with Crippen LogP contribution < -0.4 is 10.7 Å². The van der Waals surface area contributed by atoms with Crippen molar-refractivity contribution >= 4 is 60.4 Å². The van der Waals surface area contributed by atoms with Crippen LogP contribution >= 0.6 is 31.9 Å². The summed E-state index contributed by atoms with van der Waals surface area (Å²) in [5, 5.41) is 19.1. The predicted octanol–water partition coefficient (Wildman–Crippen LogP) is 4.63. The SMILES string of the molecule is O=C(CNc1cccc2ccccc12)N/N=C/c1cc(Br)cc(Br)c1O. The van der Waals surface area contributed by atoms with Crippen molar-refractivity contribution in [1.82, 2.24) is 5.43 Å². The van der Waals surface area contributed by atoms with Gasteiger partial charge < -0.3 is 10.4 Å². The third-order valence-corrected chi connectivity index (χ3v) is 4.74. The number of benzene rings is 3. The molecule has 0 spiro atoms. The van der Waals surface area contributed by atoms with E-state index in [9.17, 15) is 9.90 Å². The van der Waals surface area contributed by atoms with Crippen molar-refractivity contribution in [2.75, 3.05) is 11.9 Å². The van der Waals surface area contributed by atoms with E-state index < -0.39 is 0 Å². The normalized spacial score (nSPS) is 11.0. The standard InChI is InChI=1S/C19H15Br2N3O2/c20-14-8-13(19(26)16(21)9-14)10-23-24-18(25)11-22-17-7-3-5-12-4-1-2-6-15(12)17/h1-10,22,26H,11H2,(H,24,25)/b23-10+. The summed E-state index contributed by atoms with van der Waals surface area (Å²) < 4.78 is 1.32. The van der Waals surface area contributed by atoms with Gasteiger partial charge in [0.2, 0.25) is 0 Å². The molecule has 3 aromatic carbocycles. The van der Waals surface area contributed by atoms with Gasteiger partial charge in [-0.05, 0) is 39.5 Å². The van der Waals surface area contributed by atoms with Crippen LogP contribution in [0.1, 0.15) is 5.56 Å². The Balaban J connectivity index is 1.61. The zero-order valence-corrected chi connectivity index (χ0v) is 16.7. The van der Waals surface area contributed by atoms with E-state index in [1.165, 1.54) is 6.21 Å². The second kappa shape index (κ2) is 8.33. The van der Waals surface area contributed by atoms with Crippen molar-refractivity contribution in [3.63, 3.8) is 0 Å². The maximum absolute atomic E-state index is 12.0. The van der Waals surface area contributed by atoms with Gasteiger partial charge in [-0.1, -0.05) is 52.3 Å². The molecule has 0 unspecified atom stereocenters. The van der Waals surface area contributed by atoms with Gasteiger partial charge in [0.15, 0.2) is 0 Å². The number of hydrazone groups is 1. The third-order valence-electron chi connectivity index (χ3n) is 3.68. The molecule has 0 fully saturated rings. The minimum atomic E-state index is -0.289. The van der Waals surface area contributed by atoms with E-state index in [2.05, 4.69) is 47.7 Å². The number of rotatable bonds is 5. The topological polar surface area (TPSA) is 73.7 Å². The number of anilines is 1. The lowest BCUT2D eigenvalue weighted by Gasteiger charge is -2.09. The van der Waals surface area contributed by atoms with Crippen LogP contribution in [-0.4, -0.2) is 23.8 Å². The van der Waals surface area contributed by atoms with E-state index in [0.717, 1.165) is 20.9 Å². The highest BCUT2D eigenvalue weighted by Crippen LogP contribution is 2.30. The van der Waals surface area contributed by atoms with Crippen molar-refractivity contribution in [2.24, 2.45) is 5.10 Å². The van der Waals surface area contributed by atoms with E-state index in [0.29, 0.717) is 10.0 Å². The zero-order valence-electron chi connectivity index (χ0n) is 13.5. The van der Waals surface area contributed by atoms with E-state index in [1.807, 2.05) is 42.5 Å². The van der Waals surface area contributed by atoms with Crippen LogP contribution in [-0.2, 0) is 4.79 Å². The zero-order chi connectivity index (χ0) is 18.5. The number of amides is 1. The number of nitrogens with one attached hydrogen (secondary N) is 2. The molecule has 3 rings (SSSR count). The monoisotopic (exact) mass is 475 g/mol. The van der Waals surface area contributed by atoms with Crippen LogP contribution in [0.25, 0.3) is 10.8 Å². The minimum absolute atomic E-state index is 0.0556. The van der Waals surface area contributed by atoms with Gasteiger partial charge in [-0.3, -0.25) is 4.79 Å². The lowest BCUT2D eigenvalue weighted by atomic mass is 10.1. The van der Waals surface area contributed by atoms with Gasteiger partial charge in [0.05, 0.1) is 17.2 Å². The summed E-state index contributed by atoms with van der Waals surface area (Å²) in [6.07, 6.45) is 1.39. The van der Waals surface area contributed by atoms with Crippen molar-refractivity contribution in [1.29, 1.82) is 0 Å². The lowest BCUT2D eigenvalue weighted by molar-refractivity contribution is -0.119. The first-order chi connectivity index (χ1) is 12.5. The van der Waals surface area contributed by atoms with Crippen LogP contribution in [0.5, 0.6) is 5.75 Å². The first-order valence-electron chi connectivity index (χ1n) is 7.76. The number of phenolic OH excluding ortho intramolecular Hbond substituents is 1. The predicted molar refractivity (Wildman–Crippen MR) is 112 cm³/mol. The average Bonchev–Trinajstić information content (AvgIpc) is 2.63. The largest absolute Gasteiger partial charge is 0.506 e. The molecular formula is C19H15Br2N3O2. The maximum Gasteiger partial charge on any atom is 0.259 e. The summed E-state index contributed by atoms with van der Waals surface area (Å²) >= 11 is 6.59. The molecule has 0 saturated heterocycles. The molecule has 3 aromatic rings. The summed E-state index contributed by atoms with van der Waals surface area (Å²) in [7, 11) is 0. The fourth-order valence-corrected chi connectivity index (χ4v) is 3.71. The molecule has 0 radical (unpaired) electrons. The fraction of sp³-hybridized carbons (Fsp3) is 0.0526.